The minimum atomic E-state index is -3.48. The van der Waals surface area contributed by atoms with Crippen molar-refractivity contribution in [1.82, 2.24) is 0 Å². The Kier molecular flexibility index (Phi) is 5.71. The average molecular weight is 401 g/mol. The lowest BCUT2D eigenvalue weighted by molar-refractivity contribution is 0.0573. The Bertz CT molecular complexity index is 827. The van der Waals surface area contributed by atoms with Gasteiger partial charge in [-0.05, 0) is 59.4 Å². The first-order valence-corrected chi connectivity index (χ1v) is 10.4. The van der Waals surface area contributed by atoms with E-state index in [1.807, 2.05) is 36.4 Å². The van der Waals surface area contributed by atoms with Gasteiger partial charge in [-0.2, -0.15) is 8.42 Å². The van der Waals surface area contributed by atoms with Crippen molar-refractivity contribution in [3.05, 3.63) is 68.7 Å². The van der Waals surface area contributed by atoms with Gasteiger partial charge in [0.05, 0.1) is 19.5 Å². The molecule has 2 aromatic rings. The Morgan fingerprint density at radius 3 is 1.96 bits per heavy atom. The van der Waals surface area contributed by atoms with Crippen LogP contribution in [0, 0.1) is 0 Å². The van der Waals surface area contributed by atoms with Crippen molar-refractivity contribution in [2.24, 2.45) is 0 Å². The number of fused-ring (bicyclic) bond motifs is 2. The van der Waals surface area contributed by atoms with E-state index in [9.17, 15) is 8.42 Å². The molecule has 0 saturated heterocycles. The van der Waals surface area contributed by atoms with Gasteiger partial charge in [-0.3, -0.25) is 4.18 Å². The summed E-state index contributed by atoms with van der Waals surface area (Å²) in [6, 6.07) is 11.5. The van der Waals surface area contributed by atoms with Gasteiger partial charge < -0.3 is 4.74 Å². The molecule has 3 rings (SSSR count). The molecule has 0 saturated carbocycles. The van der Waals surface area contributed by atoms with E-state index in [0.717, 1.165) is 41.4 Å². The molecule has 25 heavy (non-hydrogen) atoms. The SMILES string of the molecule is CS(=O)(=O)OCCOC1c2ccc(Cl)cc2CCc2cc(Cl)ccc21. The summed E-state index contributed by atoms with van der Waals surface area (Å²) >= 11 is 12.3. The minimum Gasteiger partial charge on any atom is -0.366 e. The van der Waals surface area contributed by atoms with Crippen LogP contribution in [0.3, 0.4) is 0 Å². The molecule has 0 heterocycles. The first-order valence-electron chi connectivity index (χ1n) is 7.86. The molecule has 0 radical (unpaired) electrons. The van der Waals surface area contributed by atoms with E-state index in [2.05, 4.69) is 0 Å². The molecule has 0 fully saturated rings. The highest BCUT2D eigenvalue weighted by molar-refractivity contribution is 7.85. The summed E-state index contributed by atoms with van der Waals surface area (Å²) in [5, 5.41) is 1.36. The second-order valence-corrected chi connectivity index (χ2v) is 8.48. The molecule has 1 aliphatic carbocycles. The first kappa shape index (κ1) is 18.7. The van der Waals surface area contributed by atoms with E-state index in [0.29, 0.717) is 10.0 Å². The Hall–Kier alpha value is -1.11. The van der Waals surface area contributed by atoms with Crippen LogP contribution in [0.4, 0.5) is 0 Å². The van der Waals surface area contributed by atoms with Crippen LogP contribution in [-0.4, -0.2) is 27.9 Å². The van der Waals surface area contributed by atoms with E-state index in [-0.39, 0.29) is 19.3 Å². The predicted molar refractivity (Wildman–Crippen MR) is 98.9 cm³/mol. The molecular weight excluding hydrogens is 383 g/mol. The van der Waals surface area contributed by atoms with Crippen molar-refractivity contribution in [2.45, 2.75) is 18.9 Å². The highest BCUT2D eigenvalue weighted by Gasteiger charge is 2.25. The van der Waals surface area contributed by atoms with Gasteiger partial charge in [0.2, 0.25) is 0 Å². The number of hydrogen-bond acceptors (Lipinski definition) is 4. The zero-order chi connectivity index (χ0) is 18.0. The number of rotatable bonds is 5. The molecule has 1 aliphatic rings. The van der Waals surface area contributed by atoms with Crippen molar-refractivity contribution in [1.29, 1.82) is 0 Å². The summed E-state index contributed by atoms with van der Waals surface area (Å²) in [4.78, 5) is 0. The molecule has 0 N–H and O–H groups in total. The maximum Gasteiger partial charge on any atom is 0.264 e. The third-order valence-corrected chi connectivity index (χ3v) is 5.17. The fourth-order valence-corrected chi connectivity index (χ4v) is 3.82. The van der Waals surface area contributed by atoms with Crippen molar-refractivity contribution >= 4 is 33.3 Å². The van der Waals surface area contributed by atoms with Crippen LogP contribution in [0.2, 0.25) is 10.0 Å². The van der Waals surface area contributed by atoms with Crippen LogP contribution in [0.15, 0.2) is 36.4 Å². The number of benzene rings is 2. The van der Waals surface area contributed by atoms with Gasteiger partial charge in [-0.25, -0.2) is 0 Å². The van der Waals surface area contributed by atoms with E-state index >= 15 is 0 Å². The van der Waals surface area contributed by atoms with Crippen LogP contribution in [-0.2, 0) is 31.9 Å². The van der Waals surface area contributed by atoms with Crippen LogP contribution in [0.25, 0.3) is 0 Å². The van der Waals surface area contributed by atoms with E-state index in [1.165, 1.54) is 0 Å². The molecule has 0 unspecified atom stereocenters. The van der Waals surface area contributed by atoms with Crippen LogP contribution < -0.4 is 0 Å². The van der Waals surface area contributed by atoms with Gasteiger partial charge in [0.25, 0.3) is 10.1 Å². The van der Waals surface area contributed by atoms with Crippen molar-refractivity contribution < 1.29 is 17.3 Å². The minimum absolute atomic E-state index is 0.0266. The van der Waals surface area contributed by atoms with Gasteiger partial charge in [0, 0.05) is 10.0 Å². The fourth-order valence-electron chi connectivity index (χ4n) is 3.06. The first-order chi connectivity index (χ1) is 11.8. The second-order valence-electron chi connectivity index (χ2n) is 5.96. The molecule has 2 aromatic carbocycles. The summed E-state index contributed by atoms with van der Waals surface area (Å²) in [6.07, 6.45) is 2.38. The van der Waals surface area contributed by atoms with Gasteiger partial charge in [0.15, 0.2) is 0 Å². The zero-order valence-corrected chi connectivity index (χ0v) is 16.0. The fraction of sp³-hybridized carbons (Fsp3) is 0.333. The lowest BCUT2D eigenvalue weighted by Gasteiger charge is -2.21. The summed E-state index contributed by atoms with van der Waals surface area (Å²) < 4.78 is 33.0. The lowest BCUT2D eigenvalue weighted by Crippen LogP contribution is -2.14. The molecule has 0 amide bonds. The predicted octanol–water partition coefficient (Wildman–Crippen LogP) is 4.17. The summed E-state index contributed by atoms with van der Waals surface area (Å²) in [7, 11) is -3.48. The summed E-state index contributed by atoms with van der Waals surface area (Å²) in [6.45, 7) is 0.128. The standard InChI is InChI=1S/C18H18Cl2O4S/c1-25(21,22)24-9-8-23-18-16-6-4-14(19)10-12(16)2-3-13-11-15(20)5-7-17(13)18/h4-7,10-11,18H,2-3,8-9H2,1H3. The Morgan fingerprint density at radius 1 is 0.960 bits per heavy atom. The largest absolute Gasteiger partial charge is 0.366 e. The molecule has 0 aromatic heterocycles. The van der Waals surface area contributed by atoms with Gasteiger partial charge in [0.1, 0.15) is 6.10 Å². The maximum absolute atomic E-state index is 11.1. The van der Waals surface area contributed by atoms with Crippen LogP contribution in [0.1, 0.15) is 28.4 Å². The zero-order valence-electron chi connectivity index (χ0n) is 13.7. The lowest BCUT2D eigenvalue weighted by atomic mass is 9.97. The summed E-state index contributed by atoms with van der Waals surface area (Å²) in [5.74, 6) is 0. The van der Waals surface area contributed by atoms with E-state index < -0.39 is 10.1 Å². The van der Waals surface area contributed by atoms with Crippen LogP contribution >= 0.6 is 23.2 Å². The highest BCUT2D eigenvalue weighted by atomic mass is 35.5. The molecule has 0 atom stereocenters. The maximum atomic E-state index is 11.1. The Labute approximate surface area is 157 Å². The molecular formula is C18H18Cl2O4S. The number of ether oxygens (including phenoxy) is 1. The summed E-state index contributed by atoms with van der Waals surface area (Å²) in [5.41, 5.74) is 4.30. The van der Waals surface area contributed by atoms with Crippen molar-refractivity contribution in [3.63, 3.8) is 0 Å². The smallest absolute Gasteiger partial charge is 0.264 e. The third-order valence-electron chi connectivity index (χ3n) is 4.10. The topological polar surface area (TPSA) is 52.6 Å². The molecule has 7 heteroatoms. The van der Waals surface area contributed by atoms with Gasteiger partial charge >= 0.3 is 0 Å². The van der Waals surface area contributed by atoms with Crippen LogP contribution in [0.5, 0.6) is 0 Å². The number of halogens is 2. The Morgan fingerprint density at radius 2 is 1.48 bits per heavy atom. The number of aryl methyl sites for hydroxylation is 2. The van der Waals surface area contributed by atoms with Crippen molar-refractivity contribution in [3.8, 4) is 0 Å². The Balaban J connectivity index is 1.91. The molecule has 4 nitrogen and oxygen atoms in total. The molecule has 0 aliphatic heterocycles. The second kappa shape index (κ2) is 7.64. The van der Waals surface area contributed by atoms with Crippen molar-refractivity contribution in [2.75, 3.05) is 19.5 Å². The van der Waals surface area contributed by atoms with Gasteiger partial charge in [-0.15, -0.1) is 0 Å². The highest BCUT2D eigenvalue weighted by Crippen LogP contribution is 2.37. The monoisotopic (exact) mass is 400 g/mol. The molecule has 0 spiro atoms. The van der Waals surface area contributed by atoms with E-state index in [1.54, 1.807) is 0 Å². The van der Waals surface area contributed by atoms with Gasteiger partial charge in [-0.1, -0.05) is 35.3 Å². The molecule has 134 valence electrons. The quantitative estimate of drug-likeness (QED) is 0.557. The number of hydrogen-bond donors (Lipinski definition) is 0. The normalized spacial score (nSPS) is 14.7. The molecule has 0 bridgehead atoms. The van der Waals surface area contributed by atoms with E-state index in [4.69, 9.17) is 32.1 Å². The average Bonchev–Trinajstić information content (AvgIpc) is 2.67. The third kappa shape index (κ3) is 4.74.